The lowest BCUT2D eigenvalue weighted by Crippen LogP contribution is -2.24. The molecular weight excluding hydrogens is 314 g/mol. The summed E-state index contributed by atoms with van der Waals surface area (Å²) in [6.07, 6.45) is 0. The van der Waals surface area contributed by atoms with Crippen molar-refractivity contribution in [3.05, 3.63) is 65.2 Å². The molecule has 6 heteroatoms. The van der Waals surface area contributed by atoms with Crippen LogP contribution in [0.1, 0.15) is 22.8 Å². The molecule has 2 amide bonds. The van der Waals surface area contributed by atoms with E-state index in [2.05, 4.69) is 22.5 Å². The Labute approximate surface area is 137 Å². The van der Waals surface area contributed by atoms with Crippen LogP contribution in [0.4, 0.5) is 14.5 Å². The maximum absolute atomic E-state index is 13.4. The van der Waals surface area contributed by atoms with Gasteiger partial charge in [-0.15, -0.1) is 0 Å². The third kappa shape index (κ3) is 4.92. The summed E-state index contributed by atoms with van der Waals surface area (Å²) in [7, 11) is 0. The summed E-state index contributed by atoms with van der Waals surface area (Å²) in [4.78, 5) is 22.7. The van der Waals surface area contributed by atoms with E-state index in [9.17, 15) is 18.4 Å². The van der Waals surface area contributed by atoms with Crippen LogP contribution in [-0.2, 0) is 4.79 Å². The smallest absolute Gasteiger partial charge is 0.255 e. The minimum absolute atomic E-state index is 0.0170. The Hall–Kier alpha value is -3.20. The molecule has 0 aliphatic carbocycles. The molecule has 0 aliphatic heterocycles. The molecule has 0 saturated heterocycles. The lowest BCUT2D eigenvalue weighted by molar-refractivity contribution is -0.114. The van der Waals surface area contributed by atoms with Crippen LogP contribution in [-0.4, -0.2) is 18.4 Å². The molecule has 0 aromatic heterocycles. The molecule has 0 fully saturated rings. The van der Waals surface area contributed by atoms with E-state index in [0.29, 0.717) is 17.3 Å². The molecule has 0 heterocycles. The largest absolute Gasteiger partial charge is 0.341 e. The molecule has 0 aliphatic rings. The van der Waals surface area contributed by atoms with Crippen molar-refractivity contribution in [1.82, 2.24) is 5.32 Å². The molecule has 0 saturated carbocycles. The third-order valence-corrected chi connectivity index (χ3v) is 2.95. The standard InChI is InChI=1S/C18H14F2N2O2/c1-12(23)22-15-7-4-13(5-8-15)3-2-10-21-18(24)16-9-6-14(19)11-17(16)20/h4-9,11H,10H2,1H3,(H,21,24)(H,22,23). The van der Waals surface area contributed by atoms with Crippen LogP contribution in [0, 0.1) is 23.5 Å². The molecule has 4 nitrogen and oxygen atoms in total. The number of nitrogens with one attached hydrogen (secondary N) is 2. The van der Waals surface area contributed by atoms with Crippen molar-refractivity contribution in [2.45, 2.75) is 6.92 Å². The van der Waals surface area contributed by atoms with Crippen molar-refractivity contribution in [3.8, 4) is 11.8 Å². The SMILES string of the molecule is CC(=O)Nc1ccc(C#CCNC(=O)c2ccc(F)cc2F)cc1. The van der Waals surface area contributed by atoms with Gasteiger partial charge in [-0.05, 0) is 36.4 Å². The van der Waals surface area contributed by atoms with Gasteiger partial charge in [-0.3, -0.25) is 9.59 Å². The van der Waals surface area contributed by atoms with Crippen LogP contribution < -0.4 is 10.6 Å². The second-order valence-electron chi connectivity index (χ2n) is 4.87. The molecule has 24 heavy (non-hydrogen) atoms. The maximum atomic E-state index is 13.4. The zero-order valence-corrected chi connectivity index (χ0v) is 12.8. The number of hydrogen-bond donors (Lipinski definition) is 2. The molecule has 0 spiro atoms. The summed E-state index contributed by atoms with van der Waals surface area (Å²) in [5.74, 6) is 3.06. The molecule has 2 aromatic rings. The van der Waals surface area contributed by atoms with Gasteiger partial charge in [0.05, 0.1) is 12.1 Å². The van der Waals surface area contributed by atoms with Crippen LogP contribution in [0.15, 0.2) is 42.5 Å². The van der Waals surface area contributed by atoms with E-state index in [-0.39, 0.29) is 18.0 Å². The number of carbonyl (C=O) groups excluding carboxylic acids is 2. The van der Waals surface area contributed by atoms with E-state index in [1.165, 1.54) is 6.92 Å². The Balaban J connectivity index is 1.91. The highest BCUT2D eigenvalue weighted by molar-refractivity contribution is 5.94. The average molecular weight is 328 g/mol. The highest BCUT2D eigenvalue weighted by Gasteiger charge is 2.11. The van der Waals surface area contributed by atoms with E-state index in [0.717, 1.165) is 12.1 Å². The number of amides is 2. The fourth-order valence-corrected chi connectivity index (χ4v) is 1.88. The fraction of sp³-hybridized carbons (Fsp3) is 0.111. The van der Waals surface area contributed by atoms with Crippen LogP contribution in [0.3, 0.4) is 0 Å². The Morgan fingerprint density at radius 3 is 2.42 bits per heavy atom. The van der Waals surface area contributed by atoms with Crippen LogP contribution in [0.25, 0.3) is 0 Å². The minimum Gasteiger partial charge on any atom is -0.341 e. The van der Waals surface area contributed by atoms with E-state index >= 15 is 0 Å². The molecule has 0 radical (unpaired) electrons. The van der Waals surface area contributed by atoms with Gasteiger partial charge in [0.2, 0.25) is 5.91 Å². The van der Waals surface area contributed by atoms with Gasteiger partial charge < -0.3 is 10.6 Å². The molecule has 0 unspecified atom stereocenters. The van der Waals surface area contributed by atoms with Crippen molar-refractivity contribution in [2.24, 2.45) is 0 Å². The van der Waals surface area contributed by atoms with Gasteiger partial charge in [0.15, 0.2) is 0 Å². The Morgan fingerprint density at radius 1 is 1.08 bits per heavy atom. The quantitative estimate of drug-likeness (QED) is 0.851. The first kappa shape index (κ1) is 17.2. The summed E-state index contributed by atoms with van der Waals surface area (Å²) < 4.78 is 26.2. The van der Waals surface area contributed by atoms with Crippen molar-refractivity contribution >= 4 is 17.5 Å². The van der Waals surface area contributed by atoms with E-state index in [4.69, 9.17) is 0 Å². The van der Waals surface area contributed by atoms with Crippen molar-refractivity contribution in [3.63, 3.8) is 0 Å². The monoisotopic (exact) mass is 328 g/mol. The van der Waals surface area contributed by atoms with Crippen LogP contribution in [0.2, 0.25) is 0 Å². The second-order valence-corrected chi connectivity index (χ2v) is 4.87. The average Bonchev–Trinajstić information content (AvgIpc) is 2.52. The Morgan fingerprint density at radius 2 is 1.79 bits per heavy atom. The van der Waals surface area contributed by atoms with Gasteiger partial charge in [-0.1, -0.05) is 11.8 Å². The van der Waals surface area contributed by atoms with Crippen LogP contribution in [0.5, 0.6) is 0 Å². The van der Waals surface area contributed by atoms with Crippen molar-refractivity contribution in [2.75, 3.05) is 11.9 Å². The predicted octanol–water partition coefficient (Wildman–Crippen LogP) is 2.70. The van der Waals surface area contributed by atoms with Crippen molar-refractivity contribution < 1.29 is 18.4 Å². The maximum Gasteiger partial charge on any atom is 0.255 e. The molecule has 0 atom stereocenters. The first-order chi connectivity index (χ1) is 11.5. The minimum atomic E-state index is -0.922. The van der Waals surface area contributed by atoms with Gasteiger partial charge in [0.25, 0.3) is 5.91 Å². The van der Waals surface area contributed by atoms with Gasteiger partial charge >= 0.3 is 0 Å². The highest BCUT2D eigenvalue weighted by atomic mass is 19.1. The number of anilines is 1. The molecule has 0 bridgehead atoms. The zero-order chi connectivity index (χ0) is 17.5. The first-order valence-corrected chi connectivity index (χ1v) is 7.05. The van der Waals surface area contributed by atoms with Gasteiger partial charge in [-0.25, -0.2) is 8.78 Å². The highest BCUT2D eigenvalue weighted by Crippen LogP contribution is 2.09. The number of rotatable bonds is 3. The normalized spacial score (nSPS) is 9.62. The molecular formula is C18H14F2N2O2. The Bertz CT molecular complexity index is 821. The number of hydrogen-bond acceptors (Lipinski definition) is 2. The van der Waals surface area contributed by atoms with Crippen LogP contribution >= 0.6 is 0 Å². The molecule has 2 rings (SSSR count). The van der Waals surface area contributed by atoms with Crippen molar-refractivity contribution in [1.29, 1.82) is 0 Å². The summed E-state index contributed by atoms with van der Waals surface area (Å²) in [5, 5.41) is 5.07. The first-order valence-electron chi connectivity index (χ1n) is 7.05. The molecule has 2 aromatic carbocycles. The number of carbonyl (C=O) groups is 2. The van der Waals surface area contributed by atoms with Gasteiger partial charge in [0, 0.05) is 24.2 Å². The second kappa shape index (κ2) is 7.88. The number of benzene rings is 2. The van der Waals surface area contributed by atoms with E-state index in [1.54, 1.807) is 24.3 Å². The zero-order valence-electron chi connectivity index (χ0n) is 12.8. The molecule has 122 valence electrons. The summed E-state index contributed by atoms with van der Waals surface area (Å²) in [6, 6.07) is 9.60. The fourth-order valence-electron chi connectivity index (χ4n) is 1.88. The lowest BCUT2D eigenvalue weighted by atomic mass is 10.2. The summed E-state index contributed by atoms with van der Waals surface area (Å²) >= 11 is 0. The van der Waals surface area contributed by atoms with Gasteiger partial charge in [0.1, 0.15) is 11.6 Å². The van der Waals surface area contributed by atoms with Gasteiger partial charge in [-0.2, -0.15) is 0 Å². The topological polar surface area (TPSA) is 58.2 Å². The third-order valence-electron chi connectivity index (χ3n) is 2.95. The summed E-state index contributed by atoms with van der Waals surface area (Å²) in [6.45, 7) is 1.43. The van der Waals surface area contributed by atoms with E-state index in [1.807, 2.05) is 0 Å². The van der Waals surface area contributed by atoms with E-state index < -0.39 is 17.5 Å². The summed E-state index contributed by atoms with van der Waals surface area (Å²) in [5.41, 5.74) is 1.12. The lowest BCUT2D eigenvalue weighted by Gasteiger charge is -2.03. The predicted molar refractivity (Wildman–Crippen MR) is 86.3 cm³/mol. The number of halogens is 2. The molecule has 2 N–H and O–H groups in total. The Kier molecular flexibility index (Phi) is 5.63.